The van der Waals surface area contributed by atoms with Crippen molar-refractivity contribution in [3.05, 3.63) is 59.5 Å². The predicted molar refractivity (Wildman–Crippen MR) is 135 cm³/mol. The Morgan fingerprint density at radius 1 is 1.30 bits per heavy atom. The molecule has 1 atom stereocenters. The van der Waals surface area contributed by atoms with E-state index in [1.807, 2.05) is 10.9 Å². The van der Waals surface area contributed by atoms with Crippen molar-refractivity contribution in [3.63, 3.8) is 0 Å². The molecule has 7 nitrogen and oxygen atoms in total. The Bertz CT molecular complexity index is 1140. The molecule has 1 fully saturated rings. The molecule has 1 saturated heterocycles. The van der Waals surface area contributed by atoms with Crippen LogP contribution >= 0.6 is 11.9 Å². The van der Waals surface area contributed by atoms with Gasteiger partial charge >= 0.3 is 0 Å². The molecule has 4 rings (SSSR count). The number of piperazine rings is 1. The molecule has 1 aliphatic rings. The highest BCUT2D eigenvalue weighted by Crippen LogP contribution is 2.33. The average Bonchev–Trinajstić information content (AvgIpc) is 3.22. The van der Waals surface area contributed by atoms with Crippen molar-refractivity contribution in [1.29, 1.82) is 5.41 Å². The van der Waals surface area contributed by atoms with E-state index >= 15 is 0 Å². The lowest BCUT2D eigenvalue weighted by molar-refractivity contribution is 0.124. The second kappa shape index (κ2) is 10.5. The number of aromatic nitrogens is 2. The summed E-state index contributed by atoms with van der Waals surface area (Å²) < 4.78 is 17.5. The van der Waals surface area contributed by atoms with Gasteiger partial charge < -0.3 is 10.8 Å². The van der Waals surface area contributed by atoms with Gasteiger partial charge in [0.25, 0.3) is 0 Å². The van der Waals surface area contributed by atoms with E-state index in [4.69, 9.17) is 5.41 Å². The molecule has 2 heterocycles. The summed E-state index contributed by atoms with van der Waals surface area (Å²) in [6.45, 7) is 8.13. The first kappa shape index (κ1) is 23.4. The molecule has 174 valence electrons. The molecule has 1 aliphatic heterocycles. The van der Waals surface area contributed by atoms with E-state index in [2.05, 4.69) is 50.8 Å². The second-order valence-electron chi connectivity index (χ2n) is 8.15. The highest BCUT2D eigenvalue weighted by molar-refractivity contribution is 8.13. The van der Waals surface area contributed by atoms with E-state index in [9.17, 15) is 4.39 Å². The minimum atomic E-state index is -0.254. The van der Waals surface area contributed by atoms with Gasteiger partial charge in [0.05, 0.1) is 23.6 Å². The van der Waals surface area contributed by atoms with Gasteiger partial charge in [-0.25, -0.2) is 13.4 Å². The van der Waals surface area contributed by atoms with Crippen molar-refractivity contribution in [3.8, 4) is 5.69 Å². The Hall–Kier alpha value is -2.75. The Morgan fingerprint density at radius 2 is 2.09 bits per heavy atom. The van der Waals surface area contributed by atoms with E-state index < -0.39 is 0 Å². The third kappa shape index (κ3) is 5.10. The largest absolute Gasteiger partial charge is 0.312 e. The zero-order chi connectivity index (χ0) is 23.4. The van der Waals surface area contributed by atoms with Gasteiger partial charge in [-0.2, -0.15) is 10.2 Å². The van der Waals surface area contributed by atoms with Gasteiger partial charge in [0, 0.05) is 38.1 Å². The lowest BCUT2D eigenvalue weighted by Gasteiger charge is -2.41. The summed E-state index contributed by atoms with van der Waals surface area (Å²) in [6.07, 6.45) is 4.27. The monoisotopic (exact) mass is 467 g/mol. The number of aryl methyl sites for hydroxylation is 1. The zero-order valence-electron chi connectivity index (χ0n) is 19.3. The van der Waals surface area contributed by atoms with E-state index in [0.717, 1.165) is 49.2 Å². The van der Waals surface area contributed by atoms with Gasteiger partial charge in [0.2, 0.25) is 0 Å². The summed E-state index contributed by atoms with van der Waals surface area (Å²) in [6, 6.07) is 11.1. The average molecular weight is 468 g/mol. The summed E-state index contributed by atoms with van der Waals surface area (Å²) in [5, 5.41) is 18.1. The summed E-state index contributed by atoms with van der Waals surface area (Å²) >= 11 is 1.52. The Balaban J connectivity index is 1.67. The molecule has 2 N–H and O–H groups in total. The maximum Gasteiger partial charge on any atom is 0.149 e. The normalized spacial score (nSPS) is 18.1. The number of halogens is 1. The molecule has 1 aromatic heterocycles. The molecule has 3 aromatic rings. The van der Waals surface area contributed by atoms with Gasteiger partial charge in [0.1, 0.15) is 10.9 Å². The Morgan fingerprint density at radius 3 is 2.79 bits per heavy atom. The molecule has 0 radical (unpaired) electrons. The third-order valence-corrected chi connectivity index (χ3v) is 6.90. The van der Waals surface area contributed by atoms with Gasteiger partial charge in [-0.05, 0) is 79.4 Å². The van der Waals surface area contributed by atoms with Crippen LogP contribution in [0.1, 0.15) is 30.5 Å². The minimum Gasteiger partial charge on any atom is -0.312 e. The molecule has 0 aliphatic carbocycles. The summed E-state index contributed by atoms with van der Waals surface area (Å²) in [7, 11) is 1.75. The van der Waals surface area contributed by atoms with Crippen molar-refractivity contribution in [1.82, 2.24) is 24.4 Å². The molecule has 1 unspecified atom stereocenters. The van der Waals surface area contributed by atoms with Crippen LogP contribution in [0, 0.1) is 18.2 Å². The molecule has 33 heavy (non-hydrogen) atoms. The number of hydrogen-bond donors (Lipinski definition) is 2. The fourth-order valence-electron chi connectivity index (χ4n) is 4.39. The summed E-state index contributed by atoms with van der Waals surface area (Å²) in [4.78, 5) is 2.55. The van der Waals surface area contributed by atoms with Crippen molar-refractivity contribution >= 4 is 34.1 Å². The number of fused-ring (bicyclic) bond motifs is 1. The van der Waals surface area contributed by atoms with Gasteiger partial charge in [-0.1, -0.05) is 6.92 Å². The Labute approximate surface area is 198 Å². The molecular formula is C24H30FN7S. The standard InChI is InChI=1S/C24H30FN7S/c1-4-9-30-10-11-31(33-24(14-26)29-27-3)16-23(30)21-13-18-15-28-32(22(18)12-17(21)2)20-7-5-19(25)6-8-20/h5-8,12-15,23,26-27H,4,9-11,16H2,1-3H3/b26-14?,29-24+. The highest BCUT2D eigenvalue weighted by Gasteiger charge is 2.30. The van der Waals surface area contributed by atoms with Crippen LogP contribution in [0.15, 0.2) is 47.7 Å². The molecular weight excluding hydrogens is 437 g/mol. The number of benzene rings is 2. The molecule has 0 spiro atoms. The lowest BCUT2D eigenvalue weighted by atomic mass is 9.96. The number of hydrazone groups is 1. The van der Waals surface area contributed by atoms with Crippen molar-refractivity contribution in [2.75, 3.05) is 33.2 Å². The first-order chi connectivity index (χ1) is 16.0. The van der Waals surface area contributed by atoms with Crippen LogP contribution in [0.3, 0.4) is 0 Å². The maximum atomic E-state index is 13.4. The lowest BCUT2D eigenvalue weighted by Crippen LogP contribution is -2.46. The van der Waals surface area contributed by atoms with E-state index in [0.29, 0.717) is 5.04 Å². The zero-order valence-corrected chi connectivity index (χ0v) is 20.1. The van der Waals surface area contributed by atoms with Crippen LogP contribution in [-0.2, 0) is 0 Å². The first-order valence-electron chi connectivity index (χ1n) is 11.2. The second-order valence-corrected chi connectivity index (χ2v) is 9.27. The van der Waals surface area contributed by atoms with Crippen molar-refractivity contribution < 1.29 is 4.39 Å². The first-order valence-corrected chi connectivity index (χ1v) is 12.0. The van der Waals surface area contributed by atoms with Gasteiger partial charge in [-0.3, -0.25) is 4.90 Å². The van der Waals surface area contributed by atoms with Crippen LogP contribution in [0.25, 0.3) is 16.6 Å². The number of nitrogens with one attached hydrogen (secondary N) is 2. The van der Waals surface area contributed by atoms with E-state index in [1.54, 1.807) is 19.2 Å². The Kier molecular flexibility index (Phi) is 7.42. The van der Waals surface area contributed by atoms with E-state index in [-0.39, 0.29) is 11.9 Å². The smallest absolute Gasteiger partial charge is 0.149 e. The van der Waals surface area contributed by atoms with Gasteiger partial charge in [0.15, 0.2) is 0 Å². The van der Waals surface area contributed by atoms with Crippen LogP contribution < -0.4 is 5.43 Å². The SMILES string of the molecule is CCCN1CCN(S/C(C=N)=N/NC)CC1c1cc2cnn(-c3ccc(F)cc3)c2cc1C. The molecule has 0 bridgehead atoms. The molecule has 0 saturated carbocycles. The highest BCUT2D eigenvalue weighted by atomic mass is 32.2. The predicted octanol–water partition coefficient (Wildman–Crippen LogP) is 4.37. The van der Waals surface area contributed by atoms with Crippen LogP contribution in [0.5, 0.6) is 0 Å². The summed E-state index contributed by atoms with van der Waals surface area (Å²) in [5.74, 6) is -0.254. The number of hydrogen-bond acceptors (Lipinski definition) is 7. The third-order valence-electron chi connectivity index (χ3n) is 5.92. The van der Waals surface area contributed by atoms with Crippen LogP contribution in [0.2, 0.25) is 0 Å². The fourth-order valence-corrected chi connectivity index (χ4v) is 5.23. The van der Waals surface area contributed by atoms with Gasteiger partial charge in [-0.15, -0.1) is 0 Å². The summed E-state index contributed by atoms with van der Waals surface area (Å²) in [5.41, 5.74) is 7.13. The quantitative estimate of drug-likeness (QED) is 0.234. The van der Waals surface area contributed by atoms with Crippen LogP contribution in [0.4, 0.5) is 4.39 Å². The molecule has 9 heteroatoms. The van der Waals surface area contributed by atoms with E-state index in [1.165, 1.54) is 41.4 Å². The topological polar surface area (TPSA) is 72.5 Å². The fraction of sp³-hybridized carbons (Fsp3) is 0.375. The number of rotatable bonds is 7. The molecule has 0 amide bonds. The van der Waals surface area contributed by atoms with Crippen molar-refractivity contribution in [2.24, 2.45) is 5.10 Å². The molecule has 2 aromatic carbocycles. The van der Waals surface area contributed by atoms with Crippen molar-refractivity contribution in [2.45, 2.75) is 26.3 Å². The maximum absolute atomic E-state index is 13.4. The van der Waals surface area contributed by atoms with Crippen LogP contribution in [-0.4, -0.2) is 63.5 Å². The minimum absolute atomic E-state index is 0.242. The number of nitrogens with zero attached hydrogens (tertiary/aromatic N) is 5.